The summed E-state index contributed by atoms with van der Waals surface area (Å²) in [6.07, 6.45) is 3.26. The molecule has 0 fully saturated rings. The normalized spacial score (nSPS) is 11.9. The molecule has 190 valence electrons. The number of amides is 2. The zero-order valence-corrected chi connectivity index (χ0v) is 19.7. The number of nitrogens with zero attached hydrogens (tertiary/aromatic N) is 1. The molecular formula is C24H28F3N3O5. The molecule has 1 aromatic carbocycles. The van der Waals surface area contributed by atoms with Crippen LogP contribution in [0, 0.1) is 17.5 Å². The quantitative estimate of drug-likeness (QED) is 0.361. The van der Waals surface area contributed by atoms with Crippen molar-refractivity contribution in [1.82, 2.24) is 15.6 Å². The molecule has 8 nitrogen and oxygen atoms in total. The van der Waals surface area contributed by atoms with Gasteiger partial charge in [-0.15, -0.1) is 0 Å². The van der Waals surface area contributed by atoms with Gasteiger partial charge in [0.2, 0.25) is 5.82 Å². The Morgan fingerprint density at radius 3 is 2.31 bits per heavy atom. The van der Waals surface area contributed by atoms with Crippen LogP contribution in [0.2, 0.25) is 0 Å². The number of benzene rings is 1. The molecule has 2 aromatic rings. The highest BCUT2D eigenvalue weighted by atomic mass is 19.2. The molecule has 0 aliphatic carbocycles. The highest BCUT2D eigenvalue weighted by molar-refractivity contribution is 5.98. The first-order valence-corrected chi connectivity index (χ1v) is 10.9. The molecule has 0 aliphatic rings. The minimum absolute atomic E-state index is 0.156. The Hall–Kier alpha value is -3.63. The molecule has 0 bridgehead atoms. The minimum atomic E-state index is -1.55. The molecule has 0 radical (unpaired) electrons. The number of halogens is 3. The van der Waals surface area contributed by atoms with Gasteiger partial charge in [0.1, 0.15) is 12.2 Å². The molecular weight excluding hydrogens is 467 g/mol. The maximum absolute atomic E-state index is 13.8. The Morgan fingerprint density at radius 1 is 1.00 bits per heavy atom. The van der Waals surface area contributed by atoms with Crippen LogP contribution in [0.25, 0.3) is 0 Å². The number of ketones is 1. The van der Waals surface area contributed by atoms with Crippen LogP contribution in [0.5, 0.6) is 5.75 Å². The molecule has 1 heterocycles. The third-order valence-electron chi connectivity index (χ3n) is 4.58. The molecule has 0 saturated heterocycles. The highest BCUT2D eigenvalue weighted by Crippen LogP contribution is 2.23. The van der Waals surface area contributed by atoms with Crippen LogP contribution >= 0.6 is 0 Å². The van der Waals surface area contributed by atoms with Gasteiger partial charge >= 0.3 is 6.09 Å². The molecule has 0 spiro atoms. The van der Waals surface area contributed by atoms with Crippen molar-refractivity contribution in [3.63, 3.8) is 0 Å². The Labute approximate surface area is 201 Å². The molecule has 2 rings (SSSR count). The van der Waals surface area contributed by atoms with Crippen LogP contribution in [0.15, 0.2) is 36.7 Å². The van der Waals surface area contributed by atoms with Gasteiger partial charge in [-0.05, 0) is 64.3 Å². The summed E-state index contributed by atoms with van der Waals surface area (Å²) in [5.74, 6) is -6.28. The van der Waals surface area contributed by atoms with Crippen molar-refractivity contribution < 1.29 is 37.0 Å². The fourth-order valence-electron chi connectivity index (χ4n) is 2.92. The number of unbranched alkanes of at least 4 members (excludes halogenated alkanes) is 1. The number of pyridine rings is 1. The first-order valence-electron chi connectivity index (χ1n) is 10.9. The van der Waals surface area contributed by atoms with Crippen LogP contribution in [0.1, 0.15) is 50.4 Å². The van der Waals surface area contributed by atoms with Crippen LogP contribution < -0.4 is 15.4 Å². The minimum Gasteiger partial charge on any atom is -0.480 e. The molecule has 35 heavy (non-hydrogen) atoms. The Balaban J connectivity index is 1.98. The Morgan fingerprint density at radius 2 is 1.66 bits per heavy atom. The van der Waals surface area contributed by atoms with Crippen molar-refractivity contribution in [3.8, 4) is 5.75 Å². The summed E-state index contributed by atoms with van der Waals surface area (Å²) in [5, 5.41) is 5.16. The standard InChI is InChI=1S/C24H28F3N3O5/c1-24(2,3)35-23(33)29-11-5-4-6-18(30-22(32)15-9-12-28-13-10-15)19(31)14-34-21-17(26)8-7-16(25)20(21)27/h7-10,12-13,18H,4-6,11,14H2,1-3H3,(H,29,33)(H,30,32)/t18-/m0/s1. The zero-order chi connectivity index (χ0) is 26.0. The average molecular weight is 495 g/mol. The van der Waals surface area contributed by atoms with Crippen molar-refractivity contribution in [2.45, 2.75) is 51.7 Å². The molecule has 2 amide bonds. The van der Waals surface area contributed by atoms with E-state index >= 15 is 0 Å². The van der Waals surface area contributed by atoms with Crippen molar-refractivity contribution in [2.24, 2.45) is 0 Å². The SMILES string of the molecule is CC(C)(C)OC(=O)NCCCC[C@H](NC(=O)c1ccncc1)C(=O)COc1c(F)ccc(F)c1F. The smallest absolute Gasteiger partial charge is 0.407 e. The fraction of sp³-hybridized carbons (Fsp3) is 0.417. The second-order valence-electron chi connectivity index (χ2n) is 8.61. The van der Waals surface area contributed by atoms with Crippen molar-refractivity contribution in [3.05, 3.63) is 59.7 Å². The molecule has 0 unspecified atom stereocenters. The molecule has 0 aliphatic heterocycles. The number of carbonyl (C=O) groups excluding carboxylic acids is 3. The number of aromatic nitrogens is 1. The second-order valence-corrected chi connectivity index (χ2v) is 8.61. The summed E-state index contributed by atoms with van der Waals surface area (Å²) in [4.78, 5) is 40.8. The predicted molar refractivity (Wildman–Crippen MR) is 120 cm³/mol. The van der Waals surface area contributed by atoms with Gasteiger partial charge in [-0.3, -0.25) is 14.6 Å². The maximum Gasteiger partial charge on any atom is 0.407 e. The summed E-state index contributed by atoms with van der Waals surface area (Å²) < 4.78 is 51.1. The molecule has 1 aromatic heterocycles. The predicted octanol–water partition coefficient (Wildman–Crippen LogP) is 3.94. The van der Waals surface area contributed by atoms with Crippen LogP contribution in [0.3, 0.4) is 0 Å². The summed E-state index contributed by atoms with van der Waals surface area (Å²) in [7, 11) is 0. The lowest BCUT2D eigenvalue weighted by Gasteiger charge is -2.20. The largest absolute Gasteiger partial charge is 0.480 e. The van der Waals surface area contributed by atoms with E-state index in [9.17, 15) is 27.6 Å². The Kier molecular flexibility index (Phi) is 10.0. The number of rotatable bonds is 11. The van der Waals surface area contributed by atoms with Gasteiger partial charge in [-0.2, -0.15) is 4.39 Å². The number of Topliss-reactive ketones (excluding diaryl/α,β-unsaturated/α-hetero) is 1. The fourth-order valence-corrected chi connectivity index (χ4v) is 2.92. The van der Waals surface area contributed by atoms with E-state index < -0.39 is 59.2 Å². The van der Waals surface area contributed by atoms with Gasteiger partial charge < -0.3 is 20.1 Å². The van der Waals surface area contributed by atoms with E-state index in [0.29, 0.717) is 25.0 Å². The maximum atomic E-state index is 13.8. The first kappa shape index (κ1) is 27.6. The summed E-state index contributed by atoms with van der Waals surface area (Å²) in [5.41, 5.74) is -0.382. The monoisotopic (exact) mass is 495 g/mol. The van der Waals surface area contributed by atoms with Gasteiger partial charge in [0.15, 0.2) is 23.2 Å². The van der Waals surface area contributed by atoms with Crippen molar-refractivity contribution in [2.75, 3.05) is 13.2 Å². The van der Waals surface area contributed by atoms with Crippen LogP contribution in [-0.4, -0.2) is 47.6 Å². The van der Waals surface area contributed by atoms with E-state index in [0.717, 1.165) is 0 Å². The third-order valence-corrected chi connectivity index (χ3v) is 4.58. The number of nitrogens with one attached hydrogen (secondary N) is 2. The van der Waals surface area contributed by atoms with E-state index in [1.165, 1.54) is 24.5 Å². The lowest BCUT2D eigenvalue weighted by molar-refractivity contribution is -0.123. The lowest BCUT2D eigenvalue weighted by atomic mass is 10.0. The van der Waals surface area contributed by atoms with Crippen molar-refractivity contribution >= 4 is 17.8 Å². The van der Waals surface area contributed by atoms with Crippen LogP contribution in [-0.2, 0) is 9.53 Å². The number of hydrogen-bond acceptors (Lipinski definition) is 6. The molecule has 2 N–H and O–H groups in total. The van der Waals surface area contributed by atoms with Crippen LogP contribution in [0.4, 0.5) is 18.0 Å². The van der Waals surface area contributed by atoms with Gasteiger partial charge in [0.25, 0.3) is 5.91 Å². The van der Waals surface area contributed by atoms with Gasteiger partial charge in [0.05, 0.1) is 6.04 Å². The lowest BCUT2D eigenvalue weighted by Crippen LogP contribution is -2.43. The van der Waals surface area contributed by atoms with E-state index in [4.69, 9.17) is 9.47 Å². The van der Waals surface area contributed by atoms with Crippen molar-refractivity contribution in [1.29, 1.82) is 0 Å². The average Bonchev–Trinajstić information content (AvgIpc) is 2.79. The molecule has 11 heteroatoms. The molecule has 0 saturated carbocycles. The number of ether oxygens (including phenoxy) is 2. The zero-order valence-electron chi connectivity index (χ0n) is 19.7. The number of carbonyl (C=O) groups is 3. The third kappa shape index (κ3) is 9.26. The van der Waals surface area contributed by atoms with Gasteiger partial charge in [0, 0.05) is 24.5 Å². The van der Waals surface area contributed by atoms with E-state index in [1.807, 2.05) is 0 Å². The van der Waals surface area contributed by atoms with Gasteiger partial charge in [-0.1, -0.05) is 0 Å². The first-order chi connectivity index (χ1) is 16.5. The topological polar surface area (TPSA) is 107 Å². The Bertz CT molecular complexity index is 1030. The summed E-state index contributed by atoms with van der Waals surface area (Å²) >= 11 is 0. The summed E-state index contributed by atoms with van der Waals surface area (Å²) in [6.45, 7) is 4.67. The van der Waals surface area contributed by atoms with E-state index in [-0.39, 0.29) is 18.5 Å². The number of alkyl carbamates (subject to hydrolysis) is 1. The second kappa shape index (κ2) is 12.7. The summed E-state index contributed by atoms with van der Waals surface area (Å²) in [6, 6.07) is 3.13. The molecule has 1 atom stereocenters. The van der Waals surface area contributed by atoms with E-state index in [2.05, 4.69) is 15.6 Å². The van der Waals surface area contributed by atoms with E-state index in [1.54, 1.807) is 20.8 Å². The highest BCUT2D eigenvalue weighted by Gasteiger charge is 2.24. The number of hydrogen-bond donors (Lipinski definition) is 2. The van der Waals surface area contributed by atoms with Gasteiger partial charge in [-0.25, -0.2) is 13.6 Å².